The largest absolute Gasteiger partial charge is 0.358 e. The molecule has 2 heterocycles. The molecule has 0 aromatic carbocycles. The molecule has 0 aliphatic carbocycles. The van der Waals surface area contributed by atoms with Gasteiger partial charge in [-0.15, -0.1) is 0 Å². The molecule has 0 fully saturated rings. The number of Topliss-reactive ketones (excluding diaryl/α,β-unsaturated/α-hetero) is 2. The number of ketones is 2. The number of hydrogen-bond donors (Lipinski definition) is 2. The van der Waals surface area contributed by atoms with E-state index in [0.29, 0.717) is 0 Å². The summed E-state index contributed by atoms with van der Waals surface area (Å²) < 4.78 is 0. The van der Waals surface area contributed by atoms with Gasteiger partial charge in [0.1, 0.15) is 0 Å². The lowest BCUT2D eigenvalue weighted by atomic mass is 10.0. The second-order valence-corrected chi connectivity index (χ2v) is 5.97. The van der Waals surface area contributed by atoms with Gasteiger partial charge in [-0.1, -0.05) is 6.08 Å². The average molecular weight is 311 g/mol. The molecule has 0 spiro atoms. The highest BCUT2D eigenvalue weighted by atomic mass is 16.1. The molecule has 0 saturated heterocycles. The van der Waals surface area contributed by atoms with Gasteiger partial charge < -0.3 is 4.98 Å². The number of aryl methyl sites for hydroxylation is 1. The van der Waals surface area contributed by atoms with Crippen molar-refractivity contribution < 1.29 is 14.6 Å². The van der Waals surface area contributed by atoms with E-state index >= 15 is 0 Å². The average Bonchev–Trinajstić information content (AvgIpc) is 2.87. The highest BCUT2D eigenvalue weighted by Crippen LogP contribution is 2.20. The van der Waals surface area contributed by atoms with E-state index in [4.69, 9.17) is 0 Å². The van der Waals surface area contributed by atoms with Crippen LogP contribution in [0.25, 0.3) is 6.08 Å². The third-order valence-corrected chi connectivity index (χ3v) is 4.18. The number of H-pyrrole nitrogens is 1. The third-order valence-electron chi connectivity index (χ3n) is 4.18. The van der Waals surface area contributed by atoms with Crippen LogP contribution in [0.1, 0.15) is 55.0 Å². The summed E-state index contributed by atoms with van der Waals surface area (Å²) >= 11 is 0. The molecular weight excluding hydrogens is 288 g/mol. The Labute approximate surface area is 136 Å². The van der Waals surface area contributed by atoms with Gasteiger partial charge in [0.2, 0.25) is 5.70 Å². The van der Waals surface area contributed by atoms with Crippen LogP contribution in [0, 0.1) is 13.8 Å². The molecule has 1 aliphatic heterocycles. The zero-order valence-electron chi connectivity index (χ0n) is 14.5. The second kappa shape index (κ2) is 6.32. The zero-order chi connectivity index (χ0) is 17.3. The Hall–Kier alpha value is -2.49. The van der Waals surface area contributed by atoms with Crippen molar-refractivity contribution >= 4 is 23.4 Å². The van der Waals surface area contributed by atoms with Gasteiger partial charge in [0, 0.05) is 35.5 Å². The summed E-state index contributed by atoms with van der Waals surface area (Å²) in [5.41, 5.74) is 7.08. The Kier molecular flexibility index (Phi) is 4.64. The van der Waals surface area contributed by atoms with Gasteiger partial charge in [0.05, 0.1) is 5.57 Å². The van der Waals surface area contributed by atoms with Gasteiger partial charge >= 0.3 is 0 Å². The lowest BCUT2D eigenvalue weighted by Gasteiger charge is -1.95. The lowest BCUT2D eigenvalue weighted by molar-refractivity contribution is -0.388. The first-order chi connectivity index (χ1) is 10.7. The number of allylic oxidation sites excluding steroid dienone is 4. The first-order valence-electron chi connectivity index (χ1n) is 7.65. The highest BCUT2D eigenvalue weighted by Gasteiger charge is 2.26. The number of nitrogens with one attached hydrogen (secondary N) is 2. The summed E-state index contributed by atoms with van der Waals surface area (Å²) in [6.45, 7) is 10.9. The van der Waals surface area contributed by atoms with E-state index in [1.54, 1.807) is 13.8 Å². The quantitative estimate of drug-likeness (QED) is 0.837. The predicted octanol–water partition coefficient (Wildman–Crippen LogP) is 2.19. The monoisotopic (exact) mass is 311 g/mol. The number of rotatable bonds is 4. The van der Waals surface area contributed by atoms with Gasteiger partial charge in [-0.3, -0.25) is 9.59 Å². The lowest BCUT2D eigenvalue weighted by Crippen LogP contribution is -2.67. The molecule has 0 unspecified atom stereocenters. The van der Waals surface area contributed by atoms with E-state index < -0.39 is 0 Å². The van der Waals surface area contributed by atoms with Crippen molar-refractivity contribution in [2.24, 2.45) is 0 Å². The standard InChI is InChI=1S/C19H22N2O2/c1-10-16(20-12(3)18(10)14(5)22)8-7-9-17-11(2)19(15(6)23)13(4)21-17/h7-9,20H,1-6H3/p+1/b8-7+,17-9-. The summed E-state index contributed by atoms with van der Waals surface area (Å²) in [5, 5.41) is 0. The maximum absolute atomic E-state index is 11.7. The van der Waals surface area contributed by atoms with Crippen LogP contribution < -0.4 is 4.99 Å². The minimum absolute atomic E-state index is 0.0711. The van der Waals surface area contributed by atoms with Crippen molar-refractivity contribution in [2.45, 2.75) is 41.5 Å². The summed E-state index contributed by atoms with van der Waals surface area (Å²) in [7, 11) is 0. The first-order valence-corrected chi connectivity index (χ1v) is 7.65. The molecule has 23 heavy (non-hydrogen) atoms. The smallest absolute Gasteiger partial charge is 0.207 e. The molecule has 0 amide bonds. The normalized spacial score (nSPS) is 16.6. The molecule has 4 nitrogen and oxygen atoms in total. The Morgan fingerprint density at radius 3 is 2.17 bits per heavy atom. The number of aromatic amines is 1. The number of aromatic nitrogens is 1. The van der Waals surface area contributed by atoms with Gasteiger partial charge in [-0.2, -0.15) is 0 Å². The van der Waals surface area contributed by atoms with Crippen molar-refractivity contribution in [1.82, 2.24) is 4.98 Å². The zero-order valence-corrected chi connectivity index (χ0v) is 14.5. The van der Waals surface area contributed by atoms with Crippen LogP contribution in [0.15, 0.2) is 29.0 Å². The minimum Gasteiger partial charge on any atom is -0.358 e. The van der Waals surface area contributed by atoms with E-state index in [9.17, 15) is 9.59 Å². The van der Waals surface area contributed by atoms with Crippen LogP contribution in [0.3, 0.4) is 0 Å². The fourth-order valence-electron chi connectivity index (χ4n) is 3.18. The van der Waals surface area contributed by atoms with Crippen molar-refractivity contribution in [1.29, 1.82) is 0 Å². The number of hydrogen-bond acceptors (Lipinski definition) is 2. The van der Waals surface area contributed by atoms with Crippen LogP contribution >= 0.6 is 0 Å². The third kappa shape index (κ3) is 3.16. The van der Waals surface area contributed by atoms with E-state index in [1.165, 1.54) is 0 Å². The molecule has 2 rings (SSSR count). The Bertz CT molecular complexity index is 815. The molecule has 1 aromatic heterocycles. The van der Waals surface area contributed by atoms with Gasteiger partial charge in [-0.05, 0) is 46.3 Å². The Morgan fingerprint density at radius 1 is 1.04 bits per heavy atom. The Balaban J connectivity index is 2.32. The SMILES string of the molecule is CC(=O)C1=C(C)/C(=C/C=C/c2[nH]c(C)c(C(C)=O)c2C)[NH+]=C1C. The molecule has 2 N–H and O–H groups in total. The summed E-state index contributed by atoms with van der Waals surface area (Å²) in [6, 6.07) is 0. The summed E-state index contributed by atoms with van der Waals surface area (Å²) in [4.78, 5) is 29.8. The first kappa shape index (κ1) is 16.9. The topological polar surface area (TPSA) is 63.9 Å². The molecule has 1 aromatic rings. The van der Waals surface area contributed by atoms with Crippen molar-refractivity contribution in [2.75, 3.05) is 0 Å². The van der Waals surface area contributed by atoms with Crippen LogP contribution in [0.4, 0.5) is 0 Å². The van der Waals surface area contributed by atoms with E-state index in [1.807, 2.05) is 45.9 Å². The molecule has 0 bridgehead atoms. The van der Waals surface area contributed by atoms with Gasteiger partial charge in [-0.25, -0.2) is 4.99 Å². The molecule has 120 valence electrons. The van der Waals surface area contributed by atoms with Crippen LogP contribution in [-0.2, 0) is 4.79 Å². The molecule has 0 radical (unpaired) electrons. The fraction of sp³-hybridized carbons (Fsp3) is 0.316. The van der Waals surface area contributed by atoms with E-state index in [2.05, 4.69) is 9.98 Å². The summed E-state index contributed by atoms with van der Waals surface area (Å²) in [6.07, 6.45) is 5.81. The number of carbonyl (C=O) groups excluding carboxylic acids is 2. The van der Waals surface area contributed by atoms with Crippen LogP contribution in [0.2, 0.25) is 0 Å². The minimum atomic E-state index is 0.0711. The van der Waals surface area contributed by atoms with Gasteiger partial charge in [0.15, 0.2) is 17.3 Å². The van der Waals surface area contributed by atoms with Crippen LogP contribution in [0.5, 0.6) is 0 Å². The van der Waals surface area contributed by atoms with Crippen molar-refractivity contribution in [3.05, 3.63) is 51.5 Å². The summed E-state index contributed by atoms with van der Waals surface area (Å²) in [5.74, 6) is 0.142. The van der Waals surface area contributed by atoms with Crippen molar-refractivity contribution in [3.8, 4) is 0 Å². The molecular formula is C19H23N2O2+. The Morgan fingerprint density at radius 2 is 1.70 bits per heavy atom. The predicted molar refractivity (Wildman–Crippen MR) is 92.4 cm³/mol. The van der Waals surface area contributed by atoms with E-state index in [0.717, 1.165) is 45.1 Å². The number of carbonyl (C=O) groups is 2. The second-order valence-electron chi connectivity index (χ2n) is 5.97. The van der Waals surface area contributed by atoms with Gasteiger partial charge in [0.25, 0.3) is 0 Å². The van der Waals surface area contributed by atoms with Crippen molar-refractivity contribution in [3.63, 3.8) is 0 Å². The molecule has 0 atom stereocenters. The molecule has 4 heteroatoms. The maximum Gasteiger partial charge on any atom is 0.207 e. The van der Waals surface area contributed by atoms with E-state index in [-0.39, 0.29) is 11.6 Å². The molecule has 0 saturated carbocycles. The van der Waals surface area contributed by atoms with Crippen LogP contribution in [-0.4, -0.2) is 22.3 Å². The highest BCUT2D eigenvalue weighted by molar-refractivity contribution is 6.20. The maximum atomic E-state index is 11.7. The molecule has 1 aliphatic rings. The fourth-order valence-corrected chi connectivity index (χ4v) is 3.18.